The van der Waals surface area contributed by atoms with Crippen LogP contribution < -0.4 is 0 Å². The summed E-state index contributed by atoms with van der Waals surface area (Å²) >= 11 is 0. The smallest absolute Gasteiger partial charge is 0.154 e. The van der Waals surface area contributed by atoms with E-state index in [9.17, 15) is 4.79 Å². The SMILES string of the molecule is CC(=O)C1CC=CC=N1. The Morgan fingerprint density at radius 2 is 2.56 bits per heavy atom. The highest BCUT2D eigenvalue weighted by Crippen LogP contribution is 2.03. The molecule has 0 aromatic heterocycles. The Kier molecular flexibility index (Phi) is 1.78. The average Bonchev–Trinajstić information content (AvgIpc) is 1.90. The lowest BCUT2D eigenvalue weighted by Crippen LogP contribution is -2.15. The molecule has 0 bridgehead atoms. The molecule has 1 unspecified atom stereocenters. The van der Waals surface area contributed by atoms with Crippen LogP contribution >= 0.6 is 0 Å². The first-order valence-electron chi connectivity index (χ1n) is 2.99. The lowest BCUT2D eigenvalue weighted by molar-refractivity contribution is -0.118. The molecule has 0 N–H and O–H groups in total. The first-order valence-corrected chi connectivity index (χ1v) is 2.99. The van der Waals surface area contributed by atoms with Crippen molar-refractivity contribution in [2.75, 3.05) is 0 Å². The van der Waals surface area contributed by atoms with Gasteiger partial charge in [-0.2, -0.15) is 0 Å². The van der Waals surface area contributed by atoms with Gasteiger partial charge in [0.05, 0.1) is 0 Å². The second-order valence-electron chi connectivity index (χ2n) is 2.09. The molecule has 1 heterocycles. The van der Waals surface area contributed by atoms with E-state index in [0.717, 1.165) is 6.42 Å². The predicted molar refractivity (Wildman–Crippen MR) is 36.7 cm³/mol. The minimum atomic E-state index is -0.102. The van der Waals surface area contributed by atoms with E-state index in [1.807, 2.05) is 12.2 Å². The van der Waals surface area contributed by atoms with Crippen LogP contribution in [0.15, 0.2) is 17.1 Å². The summed E-state index contributed by atoms with van der Waals surface area (Å²) < 4.78 is 0. The third-order valence-electron chi connectivity index (χ3n) is 1.32. The summed E-state index contributed by atoms with van der Waals surface area (Å²) in [6.45, 7) is 1.57. The number of ketones is 1. The van der Waals surface area contributed by atoms with Gasteiger partial charge in [0.1, 0.15) is 6.04 Å². The summed E-state index contributed by atoms with van der Waals surface area (Å²) in [5.74, 6) is 0.149. The first-order chi connectivity index (χ1) is 4.30. The lowest BCUT2D eigenvalue weighted by Gasteiger charge is -2.06. The van der Waals surface area contributed by atoms with Crippen molar-refractivity contribution in [3.63, 3.8) is 0 Å². The maximum atomic E-state index is 10.7. The maximum absolute atomic E-state index is 10.7. The normalized spacial score (nSPS) is 24.3. The molecule has 2 heteroatoms. The molecule has 1 aliphatic heterocycles. The van der Waals surface area contributed by atoms with Crippen LogP contribution in [-0.2, 0) is 4.79 Å². The number of hydrogen-bond acceptors (Lipinski definition) is 2. The van der Waals surface area contributed by atoms with Crippen molar-refractivity contribution in [1.82, 2.24) is 0 Å². The molecule has 9 heavy (non-hydrogen) atoms. The van der Waals surface area contributed by atoms with Gasteiger partial charge >= 0.3 is 0 Å². The average molecular weight is 123 g/mol. The Labute approximate surface area is 54.3 Å². The molecule has 0 aliphatic carbocycles. The van der Waals surface area contributed by atoms with Crippen molar-refractivity contribution in [2.24, 2.45) is 4.99 Å². The summed E-state index contributed by atoms with van der Waals surface area (Å²) in [6, 6.07) is -0.102. The number of nitrogens with zero attached hydrogens (tertiary/aromatic N) is 1. The van der Waals surface area contributed by atoms with Crippen LogP contribution in [0.1, 0.15) is 13.3 Å². The largest absolute Gasteiger partial charge is 0.298 e. The summed E-state index contributed by atoms with van der Waals surface area (Å²) in [5, 5.41) is 0. The van der Waals surface area contributed by atoms with Crippen molar-refractivity contribution in [2.45, 2.75) is 19.4 Å². The molecule has 0 aromatic carbocycles. The molecule has 1 rings (SSSR count). The van der Waals surface area contributed by atoms with Crippen molar-refractivity contribution in [1.29, 1.82) is 0 Å². The quantitative estimate of drug-likeness (QED) is 0.511. The van der Waals surface area contributed by atoms with E-state index in [1.165, 1.54) is 0 Å². The van der Waals surface area contributed by atoms with Crippen molar-refractivity contribution in [3.05, 3.63) is 12.2 Å². The van der Waals surface area contributed by atoms with Gasteiger partial charge in [-0.3, -0.25) is 9.79 Å². The van der Waals surface area contributed by atoms with E-state index in [0.29, 0.717) is 0 Å². The number of Topliss-reactive ketones (excluding diaryl/α,β-unsaturated/α-hetero) is 1. The summed E-state index contributed by atoms with van der Waals surface area (Å²) in [4.78, 5) is 14.6. The second kappa shape index (κ2) is 2.58. The van der Waals surface area contributed by atoms with E-state index in [2.05, 4.69) is 4.99 Å². The van der Waals surface area contributed by atoms with E-state index >= 15 is 0 Å². The summed E-state index contributed by atoms with van der Waals surface area (Å²) in [6.07, 6.45) is 6.26. The van der Waals surface area contributed by atoms with Gasteiger partial charge in [-0.25, -0.2) is 0 Å². The number of allylic oxidation sites excluding steroid dienone is 1. The molecule has 0 fully saturated rings. The molecule has 1 aliphatic rings. The standard InChI is InChI=1S/C7H9NO/c1-6(9)7-4-2-3-5-8-7/h2-3,5,7H,4H2,1H3. The van der Waals surface area contributed by atoms with E-state index in [4.69, 9.17) is 0 Å². The predicted octanol–water partition coefficient (Wildman–Crippen LogP) is 0.975. The number of dihydropyridines is 1. The van der Waals surface area contributed by atoms with Crippen LogP contribution in [0.25, 0.3) is 0 Å². The van der Waals surface area contributed by atoms with Crippen molar-refractivity contribution < 1.29 is 4.79 Å². The molecule has 0 radical (unpaired) electrons. The minimum Gasteiger partial charge on any atom is -0.298 e. The van der Waals surface area contributed by atoms with Gasteiger partial charge in [0, 0.05) is 6.21 Å². The highest BCUT2D eigenvalue weighted by molar-refractivity contribution is 5.85. The zero-order chi connectivity index (χ0) is 6.69. The topological polar surface area (TPSA) is 29.4 Å². The summed E-state index contributed by atoms with van der Waals surface area (Å²) in [7, 11) is 0. The van der Waals surface area contributed by atoms with Gasteiger partial charge in [-0.15, -0.1) is 0 Å². The fourth-order valence-electron chi connectivity index (χ4n) is 0.754. The Balaban J connectivity index is 2.56. The number of hydrogen-bond donors (Lipinski definition) is 0. The van der Waals surface area contributed by atoms with E-state index in [-0.39, 0.29) is 11.8 Å². The fraction of sp³-hybridized carbons (Fsp3) is 0.429. The van der Waals surface area contributed by atoms with Gasteiger partial charge in [0.2, 0.25) is 0 Å². The molecule has 1 atom stereocenters. The molecule has 0 saturated heterocycles. The van der Waals surface area contributed by atoms with Gasteiger partial charge in [-0.1, -0.05) is 6.08 Å². The zero-order valence-corrected chi connectivity index (χ0v) is 5.37. The molecule has 0 aromatic rings. The van der Waals surface area contributed by atoms with Crippen LogP contribution in [0.4, 0.5) is 0 Å². The second-order valence-corrected chi connectivity index (χ2v) is 2.09. The third-order valence-corrected chi connectivity index (χ3v) is 1.32. The maximum Gasteiger partial charge on any atom is 0.154 e. The van der Waals surface area contributed by atoms with E-state index in [1.54, 1.807) is 13.1 Å². The minimum absolute atomic E-state index is 0.102. The van der Waals surface area contributed by atoms with Crippen LogP contribution in [0.5, 0.6) is 0 Å². The van der Waals surface area contributed by atoms with Crippen molar-refractivity contribution in [3.8, 4) is 0 Å². The molecular formula is C7H9NO. The third kappa shape index (κ3) is 1.49. The van der Waals surface area contributed by atoms with Crippen LogP contribution in [0.2, 0.25) is 0 Å². The Bertz CT molecular complexity index is 170. The van der Waals surface area contributed by atoms with Gasteiger partial charge < -0.3 is 0 Å². The Hall–Kier alpha value is -0.920. The lowest BCUT2D eigenvalue weighted by atomic mass is 10.1. The highest BCUT2D eigenvalue weighted by atomic mass is 16.1. The fourth-order valence-corrected chi connectivity index (χ4v) is 0.754. The first kappa shape index (κ1) is 6.20. The number of aliphatic imine (C=N–C) groups is 1. The van der Waals surface area contributed by atoms with Gasteiger partial charge in [0.25, 0.3) is 0 Å². The van der Waals surface area contributed by atoms with Crippen molar-refractivity contribution >= 4 is 12.0 Å². The number of carbonyl (C=O) groups excluding carboxylic acids is 1. The van der Waals surface area contributed by atoms with Crippen LogP contribution in [0.3, 0.4) is 0 Å². The zero-order valence-electron chi connectivity index (χ0n) is 5.37. The summed E-state index contributed by atoms with van der Waals surface area (Å²) in [5.41, 5.74) is 0. The molecule has 48 valence electrons. The van der Waals surface area contributed by atoms with Gasteiger partial charge in [0.15, 0.2) is 5.78 Å². The van der Waals surface area contributed by atoms with Crippen LogP contribution in [-0.4, -0.2) is 18.0 Å². The van der Waals surface area contributed by atoms with E-state index < -0.39 is 0 Å². The molecule has 0 spiro atoms. The van der Waals surface area contributed by atoms with Crippen LogP contribution in [0, 0.1) is 0 Å². The molecule has 0 saturated carbocycles. The Morgan fingerprint density at radius 3 is 2.89 bits per heavy atom. The molecule has 0 amide bonds. The van der Waals surface area contributed by atoms with Gasteiger partial charge in [-0.05, 0) is 19.4 Å². The number of carbonyl (C=O) groups is 1. The number of rotatable bonds is 1. The highest BCUT2D eigenvalue weighted by Gasteiger charge is 2.10. The monoisotopic (exact) mass is 123 g/mol. The Morgan fingerprint density at radius 1 is 1.78 bits per heavy atom. The molecule has 2 nitrogen and oxygen atoms in total. The molecular weight excluding hydrogens is 114 g/mol.